The first kappa shape index (κ1) is 15.6. The van der Waals surface area contributed by atoms with Crippen LogP contribution < -0.4 is 5.73 Å². The standard InChI is InChI=1S/C17H19NO2S/c1-12-7-8-15(9-14(12)10-16(18)17(19)20)21-11-13-5-3-2-4-6-13/h2-9,16H,10-11,18H2,1H3,(H,19,20). The van der Waals surface area contributed by atoms with Crippen LogP contribution in [0.3, 0.4) is 0 Å². The van der Waals surface area contributed by atoms with Crippen molar-refractivity contribution in [3.8, 4) is 0 Å². The molecule has 0 aliphatic rings. The summed E-state index contributed by atoms with van der Waals surface area (Å²) in [5.74, 6) is -0.0642. The van der Waals surface area contributed by atoms with Gasteiger partial charge in [0.2, 0.25) is 0 Å². The smallest absolute Gasteiger partial charge is 0.320 e. The number of carboxylic acids is 1. The van der Waals surface area contributed by atoms with Crippen LogP contribution in [0.1, 0.15) is 16.7 Å². The topological polar surface area (TPSA) is 63.3 Å². The minimum absolute atomic E-state index is 0.362. The van der Waals surface area contributed by atoms with Crippen molar-refractivity contribution < 1.29 is 9.90 Å². The molecule has 0 radical (unpaired) electrons. The van der Waals surface area contributed by atoms with Crippen molar-refractivity contribution in [2.75, 3.05) is 0 Å². The first-order valence-corrected chi connectivity index (χ1v) is 7.79. The van der Waals surface area contributed by atoms with Crippen LogP contribution in [0.5, 0.6) is 0 Å². The molecular weight excluding hydrogens is 282 g/mol. The SMILES string of the molecule is Cc1ccc(SCc2ccccc2)cc1CC(N)C(=O)O. The van der Waals surface area contributed by atoms with E-state index >= 15 is 0 Å². The van der Waals surface area contributed by atoms with Gasteiger partial charge in [-0.25, -0.2) is 0 Å². The second-order valence-corrected chi connectivity index (χ2v) is 6.06. The summed E-state index contributed by atoms with van der Waals surface area (Å²) in [6, 6.07) is 15.6. The molecule has 0 aliphatic carbocycles. The Kier molecular flexibility index (Phi) is 5.42. The van der Waals surface area contributed by atoms with E-state index in [1.165, 1.54) is 5.56 Å². The Morgan fingerprint density at radius 3 is 2.62 bits per heavy atom. The van der Waals surface area contributed by atoms with Crippen LogP contribution in [0.4, 0.5) is 0 Å². The van der Waals surface area contributed by atoms with Gasteiger partial charge in [-0.3, -0.25) is 4.79 Å². The monoisotopic (exact) mass is 301 g/mol. The fourth-order valence-electron chi connectivity index (χ4n) is 2.02. The second kappa shape index (κ2) is 7.29. The first-order chi connectivity index (χ1) is 10.1. The van der Waals surface area contributed by atoms with Crippen LogP contribution in [0.25, 0.3) is 0 Å². The minimum atomic E-state index is -0.961. The Morgan fingerprint density at radius 1 is 1.24 bits per heavy atom. The normalized spacial score (nSPS) is 12.1. The molecule has 0 aromatic heterocycles. The van der Waals surface area contributed by atoms with Gasteiger partial charge in [0.25, 0.3) is 0 Å². The molecule has 0 spiro atoms. The van der Waals surface area contributed by atoms with Crippen LogP contribution >= 0.6 is 11.8 Å². The molecule has 2 aromatic carbocycles. The Labute approximate surface area is 129 Å². The van der Waals surface area contributed by atoms with Gasteiger partial charge in [0.15, 0.2) is 0 Å². The molecule has 1 unspecified atom stereocenters. The van der Waals surface area contributed by atoms with E-state index < -0.39 is 12.0 Å². The van der Waals surface area contributed by atoms with Crippen molar-refractivity contribution in [3.63, 3.8) is 0 Å². The summed E-state index contributed by atoms with van der Waals surface area (Å²) in [6.07, 6.45) is 0.362. The summed E-state index contributed by atoms with van der Waals surface area (Å²) in [5, 5.41) is 8.93. The molecule has 2 rings (SSSR count). The second-order valence-electron chi connectivity index (χ2n) is 5.01. The number of carbonyl (C=O) groups is 1. The number of aliphatic carboxylic acids is 1. The average Bonchev–Trinajstić information content (AvgIpc) is 2.49. The van der Waals surface area contributed by atoms with Gasteiger partial charge in [-0.15, -0.1) is 11.8 Å². The average molecular weight is 301 g/mol. The number of aryl methyl sites for hydroxylation is 1. The van der Waals surface area contributed by atoms with Crippen LogP contribution in [-0.2, 0) is 17.0 Å². The molecule has 0 aliphatic heterocycles. The maximum absolute atomic E-state index is 10.9. The van der Waals surface area contributed by atoms with Crippen molar-refractivity contribution >= 4 is 17.7 Å². The van der Waals surface area contributed by atoms with Crippen LogP contribution in [-0.4, -0.2) is 17.1 Å². The van der Waals surface area contributed by atoms with E-state index in [0.717, 1.165) is 21.8 Å². The van der Waals surface area contributed by atoms with Crippen LogP contribution in [0.15, 0.2) is 53.4 Å². The fourth-order valence-corrected chi connectivity index (χ4v) is 2.94. The van der Waals surface area contributed by atoms with Gasteiger partial charge in [0.1, 0.15) is 6.04 Å². The molecule has 0 heterocycles. The largest absolute Gasteiger partial charge is 0.480 e. The van der Waals surface area contributed by atoms with E-state index in [9.17, 15) is 4.79 Å². The first-order valence-electron chi connectivity index (χ1n) is 6.81. The van der Waals surface area contributed by atoms with Crippen molar-refractivity contribution in [1.82, 2.24) is 0 Å². The number of nitrogens with two attached hydrogens (primary N) is 1. The Morgan fingerprint density at radius 2 is 1.95 bits per heavy atom. The highest BCUT2D eigenvalue weighted by atomic mass is 32.2. The molecule has 2 aromatic rings. The molecule has 3 N–H and O–H groups in total. The Balaban J connectivity index is 2.06. The minimum Gasteiger partial charge on any atom is -0.480 e. The molecule has 0 saturated heterocycles. The molecule has 110 valence electrons. The van der Waals surface area contributed by atoms with E-state index in [1.54, 1.807) is 11.8 Å². The van der Waals surface area contributed by atoms with E-state index in [2.05, 4.69) is 18.2 Å². The molecular formula is C17H19NO2S. The van der Waals surface area contributed by atoms with Crippen LogP contribution in [0, 0.1) is 6.92 Å². The zero-order valence-electron chi connectivity index (χ0n) is 12.0. The summed E-state index contributed by atoms with van der Waals surface area (Å²) < 4.78 is 0. The molecule has 0 bridgehead atoms. The lowest BCUT2D eigenvalue weighted by atomic mass is 10.0. The van der Waals surface area contributed by atoms with Gasteiger partial charge in [0, 0.05) is 10.6 Å². The summed E-state index contributed by atoms with van der Waals surface area (Å²) in [6.45, 7) is 1.98. The molecule has 0 saturated carbocycles. The van der Waals surface area contributed by atoms with E-state index in [4.69, 9.17) is 10.8 Å². The van der Waals surface area contributed by atoms with Crippen molar-refractivity contribution in [2.24, 2.45) is 5.73 Å². The third kappa shape index (κ3) is 4.62. The summed E-state index contributed by atoms with van der Waals surface area (Å²) in [5.41, 5.74) is 8.98. The molecule has 0 amide bonds. The maximum Gasteiger partial charge on any atom is 0.320 e. The van der Waals surface area contributed by atoms with Crippen molar-refractivity contribution in [2.45, 2.75) is 30.0 Å². The predicted octanol–water partition coefficient (Wildman–Crippen LogP) is 3.24. The lowest BCUT2D eigenvalue weighted by Crippen LogP contribution is -2.32. The van der Waals surface area contributed by atoms with Gasteiger partial charge in [-0.1, -0.05) is 36.4 Å². The number of hydrogen-bond acceptors (Lipinski definition) is 3. The highest BCUT2D eigenvalue weighted by Gasteiger charge is 2.13. The number of benzene rings is 2. The van der Waals surface area contributed by atoms with Crippen LogP contribution in [0.2, 0.25) is 0 Å². The molecule has 21 heavy (non-hydrogen) atoms. The van der Waals surface area contributed by atoms with Gasteiger partial charge >= 0.3 is 5.97 Å². The van der Waals surface area contributed by atoms with Gasteiger partial charge in [-0.2, -0.15) is 0 Å². The molecule has 0 fully saturated rings. The number of hydrogen-bond donors (Lipinski definition) is 2. The quantitative estimate of drug-likeness (QED) is 0.804. The number of thioether (sulfide) groups is 1. The summed E-state index contributed by atoms with van der Waals surface area (Å²) in [7, 11) is 0. The predicted molar refractivity (Wildman–Crippen MR) is 86.5 cm³/mol. The van der Waals surface area contributed by atoms with Crippen molar-refractivity contribution in [3.05, 3.63) is 65.2 Å². The Bertz CT molecular complexity index is 613. The van der Waals surface area contributed by atoms with Gasteiger partial charge in [-0.05, 0) is 42.2 Å². The van der Waals surface area contributed by atoms with E-state index in [0.29, 0.717) is 6.42 Å². The molecule has 3 nitrogen and oxygen atoms in total. The Hall–Kier alpha value is -1.78. The summed E-state index contributed by atoms with van der Waals surface area (Å²) >= 11 is 1.74. The number of rotatable bonds is 6. The highest BCUT2D eigenvalue weighted by molar-refractivity contribution is 7.98. The van der Waals surface area contributed by atoms with E-state index in [-0.39, 0.29) is 0 Å². The third-order valence-corrected chi connectivity index (χ3v) is 4.39. The maximum atomic E-state index is 10.9. The van der Waals surface area contributed by atoms with Crippen molar-refractivity contribution in [1.29, 1.82) is 0 Å². The zero-order valence-corrected chi connectivity index (χ0v) is 12.8. The summed E-state index contributed by atoms with van der Waals surface area (Å²) in [4.78, 5) is 12.0. The lowest BCUT2D eigenvalue weighted by molar-refractivity contribution is -0.138. The van der Waals surface area contributed by atoms with Gasteiger partial charge < -0.3 is 10.8 Å². The highest BCUT2D eigenvalue weighted by Crippen LogP contribution is 2.25. The van der Waals surface area contributed by atoms with E-state index in [1.807, 2.05) is 37.3 Å². The molecule has 4 heteroatoms. The number of carboxylic acid groups (broad SMARTS) is 1. The fraction of sp³-hybridized carbons (Fsp3) is 0.235. The molecule has 1 atom stereocenters. The van der Waals surface area contributed by atoms with Gasteiger partial charge in [0.05, 0.1) is 0 Å². The lowest BCUT2D eigenvalue weighted by Gasteiger charge is -2.11. The zero-order chi connectivity index (χ0) is 15.2. The third-order valence-electron chi connectivity index (χ3n) is 3.33.